The van der Waals surface area contributed by atoms with Gasteiger partial charge in [0, 0.05) is 38.2 Å². The largest absolute Gasteiger partial charge is 0.507 e. The van der Waals surface area contributed by atoms with Crippen molar-refractivity contribution in [2.24, 2.45) is 0 Å². The highest BCUT2D eigenvalue weighted by atomic mass is 16.5. The van der Waals surface area contributed by atoms with Crippen molar-refractivity contribution in [3.8, 4) is 11.5 Å². The zero-order valence-corrected chi connectivity index (χ0v) is 20.0. The molecule has 1 fully saturated rings. The number of carbonyl (C=O) groups excluding carboxylic acids is 2. The van der Waals surface area contributed by atoms with Gasteiger partial charge in [-0.2, -0.15) is 0 Å². The molecular formula is C26H32N2O6. The van der Waals surface area contributed by atoms with Crippen LogP contribution in [-0.4, -0.2) is 60.7 Å². The molecule has 1 aromatic carbocycles. The van der Waals surface area contributed by atoms with Gasteiger partial charge in [0.15, 0.2) is 11.5 Å². The maximum Gasteiger partial charge on any atom is 0.295 e. The second-order valence-electron chi connectivity index (χ2n) is 8.04. The molecule has 8 heteroatoms. The van der Waals surface area contributed by atoms with E-state index >= 15 is 0 Å². The lowest BCUT2D eigenvalue weighted by Gasteiger charge is -2.26. The molecule has 3 rings (SSSR count). The van der Waals surface area contributed by atoms with Crippen LogP contribution in [-0.2, 0) is 14.3 Å². The van der Waals surface area contributed by atoms with E-state index in [-0.39, 0.29) is 11.3 Å². The summed E-state index contributed by atoms with van der Waals surface area (Å²) in [6.07, 6.45) is 6.70. The molecule has 182 valence electrons. The van der Waals surface area contributed by atoms with Crippen LogP contribution in [0, 0.1) is 0 Å². The quantitative estimate of drug-likeness (QED) is 0.217. The number of nitrogens with zero attached hydrogens (tertiary/aromatic N) is 2. The molecule has 8 nitrogen and oxygen atoms in total. The summed E-state index contributed by atoms with van der Waals surface area (Å²) in [7, 11) is 3.13. The number of likely N-dealkylation sites (tertiary alicyclic amines) is 1. The van der Waals surface area contributed by atoms with Crippen molar-refractivity contribution < 1.29 is 28.9 Å². The van der Waals surface area contributed by atoms with Gasteiger partial charge in [0.2, 0.25) is 0 Å². The summed E-state index contributed by atoms with van der Waals surface area (Å²) in [5.74, 6) is -0.529. The molecule has 1 saturated heterocycles. The molecule has 1 N–H and O–H groups in total. The summed E-state index contributed by atoms with van der Waals surface area (Å²) in [5.41, 5.74) is 1.09. The number of amides is 1. The Morgan fingerprint density at radius 3 is 2.47 bits per heavy atom. The van der Waals surface area contributed by atoms with Crippen LogP contribution in [0.25, 0.3) is 5.76 Å². The predicted molar refractivity (Wildman–Crippen MR) is 128 cm³/mol. The molecule has 1 aromatic heterocycles. The highest BCUT2D eigenvalue weighted by molar-refractivity contribution is 6.46. The van der Waals surface area contributed by atoms with E-state index in [1.54, 1.807) is 44.6 Å². The van der Waals surface area contributed by atoms with Gasteiger partial charge in [-0.1, -0.05) is 25.8 Å². The first kappa shape index (κ1) is 25.2. The fraction of sp³-hybridized carbons (Fsp3) is 0.423. The minimum Gasteiger partial charge on any atom is -0.507 e. The normalized spacial score (nSPS) is 17.3. The van der Waals surface area contributed by atoms with Crippen LogP contribution in [0.4, 0.5) is 0 Å². The minimum absolute atomic E-state index is 0.0345. The Kier molecular flexibility index (Phi) is 9.04. The number of aliphatic hydroxyl groups excluding tert-OH is 1. The molecule has 0 saturated carbocycles. The summed E-state index contributed by atoms with van der Waals surface area (Å²) < 4.78 is 16.6. The molecule has 1 unspecified atom stereocenters. The SMILES string of the molecule is CCCCCOc1ccc(C2/C(=C(\O)c3ccncc3)C(=O)C(=O)N2CCCOC)cc1OC. The van der Waals surface area contributed by atoms with E-state index in [2.05, 4.69) is 11.9 Å². The van der Waals surface area contributed by atoms with Crippen molar-refractivity contribution in [3.63, 3.8) is 0 Å². The van der Waals surface area contributed by atoms with Crippen molar-refractivity contribution >= 4 is 17.4 Å². The van der Waals surface area contributed by atoms with Crippen molar-refractivity contribution in [2.75, 3.05) is 34.0 Å². The van der Waals surface area contributed by atoms with E-state index in [1.165, 1.54) is 17.3 Å². The van der Waals surface area contributed by atoms with E-state index in [9.17, 15) is 14.7 Å². The summed E-state index contributed by atoms with van der Waals surface area (Å²) in [5, 5.41) is 11.0. The highest BCUT2D eigenvalue weighted by Gasteiger charge is 2.46. The van der Waals surface area contributed by atoms with Crippen LogP contribution in [0.5, 0.6) is 11.5 Å². The summed E-state index contributed by atoms with van der Waals surface area (Å²) in [6.45, 7) is 3.44. The summed E-state index contributed by atoms with van der Waals surface area (Å²) in [6, 6.07) is 7.76. The number of unbranched alkanes of at least 4 members (excludes halogenated alkanes) is 2. The molecule has 1 aliphatic rings. The first-order valence-electron chi connectivity index (χ1n) is 11.5. The molecule has 0 bridgehead atoms. The van der Waals surface area contributed by atoms with E-state index in [4.69, 9.17) is 14.2 Å². The molecule has 1 amide bonds. The van der Waals surface area contributed by atoms with Gasteiger partial charge in [-0.25, -0.2) is 0 Å². The van der Waals surface area contributed by atoms with Gasteiger partial charge in [0.05, 0.1) is 25.3 Å². The molecule has 2 aromatic rings. The van der Waals surface area contributed by atoms with Crippen LogP contribution < -0.4 is 9.47 Å². The van der Waals surface area contributed by atoms with Crippen molar-refractivity contribution in [2.45, 2.75) is 38.6 Å². The standard InChI is InChI=1S/C26H32N2O6/c1-4-5-6-16-34-20-9-8-19(17-21(20)33-3)23-22(24(29)18-10-12-27-13-11-18)25(30)26(31)28(23)14-7-15-32-2/h8-13,17,23,29H,4-7,14-16H2,1-3H3/b24-22+. The van der Waals surface area contributed by atoms with Crippen LogP contribution in [0.3, 0.4) is 0 Å². The molecule has 2 heterocycles. The number of hydrogen-bond acceptors (Lipinski definition) is 7. The highest BCUT2D eigenvalue weighted by Crippen LogP contribution is 2.42. The molecule has 0 radical (unpaired) electrons. The van der Waals surface area contributed by atoms with Crippen molar-refractivity contribution in [1.82, 2.24) is 9.88 Å². The Balaban J connectivity index is 2.03. The number of aromatic nitrogens is 1. The molecule has 0 spiro atoms. The van der Waals surface area contributed by atoms with Crippen LogP contribution in [0.1, 0.15) is 49.8 Å². The van der Waals surface area contributed by atoms with Gasteiger partial charge in [-0.3, -0.25) is 14.6 Å². The van der Waals surface area contributed by atoms with Gasteiger partial charge in [0.25, 0.3) is 11.7 Å². The Labute approximate surface area is 200 Å². The third kappa shape index (κ3) is 5.56. The number of ketones is 1. The fourth-order valence-corrected chi connectivity index (χ4v) is 4.01. The zero-order valence-electron chi connectivity index (χ0n) is 20.0. The number of carbonyl (C=O) groups is 2. The maximum absolute atomic E-state index is 13.1. The molecule has 0 aliphatic carbocycles. The molecular weight excluding hydrogens is 436 g/mol. The summed E-state index contributed by atoms with van der Waals surface area (Å²) in [4.78, 5) is 31.5. The van der Waals surface area contributed by atoms with Gasteiger partial charge in [0.1, 0.15) is 5.76 Å². The zero-order chi connectivity index (χ0) is 24.5. The Bertz CT molecular complexity index is 1020. The average molecular weight is 469 g/mol. The van der Waals surface area contributed by atoms with Crippen LogP contribution in [0.15, 0.2) is 48.3 Å². The van der Waals surface area contributed by atoms with Gasteiger partial charge >= 0.3 is 0 Å². The number of Topliss-reactive ketones (excluding diaryl/α,β-unsaturated/α-hetero) is 1. The maximum atomic E-state index is 13.1. The number of methoxy groups -OCH3 is 2. The van der Waals surface area contributed by atoms with E-state index in [1.807, 2.05) is 0 Å². The van der Waals surface area contributed by atoms with Gasteiger partial charge < -0.3 is 24.2 Å². The Hall–Kier alpha value is -3.39. The fourth-order valence-electron chi connectivity index (χ4n) is 4.01. The molecule has 1 aliphatic heterocycles. The third-order valence-electron chi connectivity index (χ3n) is 5.75. The number of hydrogen-bond donors (Lipinski definition) is 1. The monoisotopic (exact) mass is 468 g/mol. The Morgan fingerprint density at radius 2 is 1.79 bits per heavy atom. The van der Waals surface area contributed by atoms with E-state index < -0.39 is 17.7 Å². The number of benzene rings is 1. The summed E-state index contributed by atoms with van der Waals surface area (Å²) >= 11 is 0. The number of ether oxygens (including phenoxy) is 3. The first-order chi connectivity index (χ1) is 16.5. The third-order valence-corrected chi connectivity index (χ3v) is 5.75. The Morgan fingerprint density at radius 1 is 1.03 bits per heavy atom. The smallest absolute Gasteiger partial charge is 0.295 e. The number of aliphatic hydroxyl groups is 1. The second kappa shape index (κ2) is 12.2. The molecule has 34 heavy (non-hydrogen) atoms. The second-order valence-corrected chi connectivity index (χ2v) is 8.04. The number of pyridine rings is 1. The van der Waals surface area contributed by atoms with Crippen LogP contribution in [0.2, 0.25) is 0 Å². The predicted octanol–water partition coefficient (Wildman–Crippen LogP) is 4.12. The average Bonchev–Trinajstić information content (AvgIpc) is 3.12. The van der Waals surface area contributed by atoms with Gasteiger partial charge in [-0.05, 0) is 42.7 Å². The van der Waals surface area contributed by atoms with Gasteiger partial charge in [-0.15, -0.1) is 0 Å². The van der Waals surface area contributed by atoms with Crippen molar-refractivity contribution in [3.05, 3.63) is 59.4 Å². The van der Waals surface area contributed by atoms with E-state index in [0.717, 1.165) is 19.3 Å². The lowest BCUT2D eigenvalue weighted by Crippen LogP contribution is -2.31. The van der Waals surface area contributed by atoms with Crippen LogP contribution >= 0.6 is 0 Å². The number of rotatable bonds is 12. The molecule has 1 atom stereocenters. The first-order valence-corrected chi connectivity index (χ1v) is 11.5. The lowest BCUT2D eigenvalue weighted by molar-refractivity contribution is -0.140. The lowest BCUT2D eigenvalue weighted by atomic mass is 9.95. The minimum atomic E-state index is -0.770. The van der Waals surface area contributed by atoms with E-state index in [0.29, 0.717) is 48.8 Å². The topological polar surface area (TPSA) is 98.2 Å². The van der Waals surface area contributed by atoms with Crippen molar-refractivity contribution in [1.29, 1.82) is 0 Å².